The lowest BCUT2D eigenvalue weighted by Gasteiger charge is -2.19. The van der Waals surface area contributed by atoms with E-state index in [0.29, 0.717) is 0 Å². The van der Waals surface area contributed by atoms with Crippen molar-refractivity contribution in [2.24, 2.45) is 5.73 Å². The molecule has 2 nitrogen and oxygen atoms in total. The molecule has 0 aliphatic heterocycles. The Kier molecular flexibility index (Phi) is 6.12. The van der Waals surface area contributed by atoms with Crippen molar-refractivity contribution in [1.29, 1.82) is 0 Å². The molecule has 1 aromatic carbocycles. The molecule has 0 unspecified atom stereocenters. The van der Waals surface area contributed by atoms with Crippen LogP contribution in [0, 0.1) is 0 Å². The zero-order chi connectivity index (χ0) is 11.8. The maximum Gasteiger partial charge on any atom is 0.0940 e. The van der Waals surface area contributed by atoms with Crippen molar-refractivity contribution < 1.29 is 5.11 Å². The van der Waals surface area contributed by atoms with Crippen LogP contribution in [0.4, 0.5) is 0 Å². The maximum atomic E-state index is 10.0. The lowest BCUT2D eigenvalue weighted by Crippen LogP contribution is -2.28. The third kappa shape index (κ3) is 4.33. The second-order valence-corrected chi connectivity index (χ2v) is 4.37. The molecule has 2 heteroatoms. The minimum Gasteiger partial charge on any atom is -0.387 e. The topological polar surface area (TPSA) is 46.2 Å². The average molecular weight is 221 g/mol. The van der Waals surface area contributed by atoms with E-state index in [2.05, 4.69) is 6.92 Å². The first-order valence-electron chi connectivity index (χ1n) is 6.24. The molecule has 0 spiro atoms. The zero-order valence-corrected chi connectivity index (χ0v) is 10.1. The Labute approximate surface area is 98.5 Å². The molecule has 0 bridgehead atoms. The number of nitrogens with two attached hydrogens (primary N) is 1. The SMILES string of the molecule is CCCCCC[C@@H](N)[C@@H](O)c1ccccc1. The van der Waals surface area contributed by atoms with E-state index >= 15 is 0 Å². The molecule has 1 aromatic rings. The predicted molar refractivity (Wildman–Crippen MR) is 68.1 cm³/mol. The van der Waals surface area contributed by atoms with Crippen molar-refractivity contribution in [1.82, 2.24) is 0 Å². The fourth-order valence-corrected chi connectivity index (χ4v) is 1.86. The van der Waals surface area contributed by atoms with E-state index in [1.807, 2.05) is 30.3 Å². The molecule has 1 rings (SSSR count). The summed E-state index contributed by atoms with van der Waals surface area (Å²) in [4.78, 5) is 0. The molecule has 90 valence electrons. The quantitative estimate of drug-likeness (QED) is 0.695. The summed E-state index contributed by atoms with van der Waals surface area (Å²) in [7, 11) is 0. The lowest BCUT2D eigenvalue weighted by atomic mass is 9.98. The van der Waals surface area contributed by atoms with Gasteiger partial charge in [0.25, 0.3) is 0 Å². The van der Waals surface area contributed by atoms with Crippen LogP contribution in [0.1, 0.15) is 50.7 Å². The number of unbranched alkanes of at least 4 members (excludes halogenated alkanes) is 3. The molecule has 0 amide bonds. The summed E-state index contributed by atoms with van der Waals surface area (Å²) in [5, 5.41) is 10.0. The van der Waals surface area contributed by atoms with E-state index in [-0.39, 0.29) is 6.04 Å². The van der Waals surface area contributed by atoms with Crippen LogP contribution in [0.15, 0.2) is 30.3 Å². The summed E-state index contributed by atoms with van der Waals surface area (Å²) in [6, 6.07) is 9.53. The van der Waals surface area contributed by atoms with Crippen LogP contribution >= 0.6 is 0 Å². The van der Waals surface area contributed by atoms with Crippen LogP contribution in [0.3, 0.4) is 0 Å². The van der Waals surface area contributed by atoms with Crippen molar-refractivity contribution in [2.45, 2.75) is 51.2 Å². The third-order valence-corrected chi connectivity index (χ3v) is 2.94. The van der Waals surface area contributed by atoms with E-state index < -0.39 is 6.10 Å². The average Bonchev–Trinajstić information content (AvgIpc) is 2.34. The van der Waals surface area contributed by atoms with Crippen molar-refractivity contribution in [3.8, 4) is 0 Å². The van der Waals surface area contributed by atoms with Gasteiger partial charge in [-0.2, -0.15) is 0 Å². The molecule has 0 radical (unpaired) electrons. The minimum absolute atomic E-state index is 0.140. The van der Waals surface area contributed by atoms with Crippen LogP contribution in [0.25, 0.3) is 0 Å². The van der Waals surface area contributed by atoms with Gasteiger partial charge in [-0.15, -0.1) is 0 Å². The Morgan fingerprint density at radius 3 is 2.44 bits per heavy atom. The van der Waals surface area contributed by atoms with Crippen LogP contribution in [-0.2, 0) is 0 Å². The van der Waals surface area contributed by atoms with Gasteiger partial charge in [0, 0.05) is 6.04 Å². The van der Waals surface area contributed by atoms with Crippen LogP contribution < -0.4 is 5.73 Å². The normalized spacial score (nSPS) is 14.7. The molecular formula is C14H23NO. The Morgan fingerprint density at radius 2 is 1.81 bits per heavy atom. The van der Waals surface area contributed by atoms with Gasteiger partial charge in [-0.3, -0.25) is 0 Å². The Hall–Kier alpha value is -0.860. The maximum absolute atomic E-state index is 10.0. The highest BCUT2D eigenvalue weighted by atomic mass is 16.3. The second-order valence-electron chi connectivity index (χ2n) is 4.37. The summed E-state index contributed by atoms with van der Waals surface area (Å²) < 4.78 is 0. The zero-order valence-electron chi connectivity index (χ0n) is 10.1. The number of hydrogen-bond donors (Lipinski definition) is 2. The number of rotatable bonds is 7. The molecule has 0 heterocycles. The van der Waals surface area contributed by atoms with E-state index in [1.165, 1.54) is 19.3 Å². The van der Waals surface area contributed by atoms with Gasteiger partial charge >= 0.3 is 0 Å². The largest absolute Gasteiger partial charge is 0.387 e. The van der Waals surface area contributed by atoms with E-state index in [0.717, 1.165) is 18.4 Å². The summed E-state index contributed by atoms with van der Waals surface area (Å²) in [5.41, 5.74) is 6.90. The fraction of sp³-hybridized carbons (Fsp3) is 0.571. The van der Waals surface area contributed by atoms with E-state index in [9.17, 15) is 5.11 Å². The molecule has 0 aromatic heterocycles. The standard InChI is InChI=1S/C14H23NO/c1-2-3-4-8-11-13(15)14(16)12-9-6-5-7-10-12/h5-7,9-10,13-14,16H,2-4,8,11,15H2,1H3/t13-,14+/m1/s1. The van der Waals surface area contributed by atoms with Crippen molar-refractivity contribution in [2.75, 3.05) is 0 Å². The van der Waals surface area contributed by atoms with Crippen molar-refractivity contribution in [3.63, 3.8) is 0 Å². The monoisotopic (exact) mass is 221 g/mol. The molecule has 16 heavy (non-hydrogen) atoms. The molecule has 0 aliphatic rings. The first-order valence-corrected chi connectivity index (χ1v) is 6.24. The van der Waals surface area contributed by atoms with E-state index in [1.54, 1.807) is 0 Å². The molecule has 0 fully saturated rings. The van der Waals surface area contributed by atoms with Crippen LogP contribution in [0.2, 0.25) is 0 Å². The van der Waals surface area contributed by atoms with Gasteiger partial charge in [0.1, 0.15) is 0 Å². The number of benzene rings is 1. The first-order chi connectivity index (χ1) is 7.75. The van der Waals surface area contributed by atoms with Gasteiger partial charge < -0.3 is 10.8 Å². The van der Waals surface area contributed by atoms with Gasteiger partial charge in [-0.25, -0.2) is 0 Å². The van der Waals surface area contributed by atoms with E-state index in [4.69, 9.17) is 5.73 Å². The Balaban J connectivity index is 2.33. The molecule has 0 saturated heterocycles. The number of aliphatic hydroxyl groups is 1. The molecular weight excluding hydrogens is 198 g/mol. The van der Waals surface area contributed by atoms with Crippen molar-refractivity contribution in [3.05, 3.63) is 35.9 Å². The number of aliphatic hydroxyl groups excluding tert-OH is 1. The Morgan fingerprint density at radius 1 is 1.12 bits per heavy atom. The molecule has 2 atom stereocenters. The minimum atomic E-state index is -0.525. The third-order valence-electron chi connectivity index (χ3n) is 2.94. The summed E-state index contributed by atoms with van der Waals surface area (Å²) >= 11 is 0. The van der Waals surface area contributed by atoms with Crippen molar-refractivity contribution >= 4 is 0 Å². The van der Waals surface area contributed by atoms with Gasteiger partial charge in [0.15, 0.2) is 0 Å². The summed E-state index contributed by atoms with van der Waals surface area (Å²) in [6.07, 6.45) is 5.19. The lowest BCUT2D eigenvalue weighted by molar-refractivity contribution is 0.141. The Bertz CT molecular complexity index is 273. The fourth-order valence-electron chi connectivity index (χ4n) is 1.86. The molecule has 0 aliphatic carbocycles. The summed E-state index contributed by atoms with van der Waals surface area (Å²) in [5.74, 6) is 0. The molecule has 3 N–H and O–H groups in total. The highest BCUT2D eigenvalue weighted by Gasteiger charge is 2.15. The van der Waals surface area contributed by atoms with Crippen LogP contribution in [-0.4, -0.2) is 11.1 Å². The number of hydrogen-bond acceptors (Lipinski definition) is 2. The highest BCUT2D eigenvalue weighted by Crippen LogP contribution is 2.18. The smallest absolute Gasteiger partial charge is 0.0940 e. The molecule has 0 saturated carbocycles. The predicted octanol–water partition coefficient (Wildman–Crippen LogP) is 3.02. The van der Waals surface area contributed by atoms with Gasteiger partial charge in [0.2, 0.25) is 0 Å². The highest BCUT2D eigenvalue weighted by molar-refractivity contribution is 5.18. The van der Waals surface area contributed by atoms with Crippen LogP contribution in [0.5, 0.6) is 0 Å². The van der Waals surface area contributed by atoms with Gasteiger partial charge in [0.05, 0.1) is 6.10 Å². The van der Waals surface area contributed by atoms with Gasteiger partial charge in [-0.05, 0) is 12.0 Å². The van der Waals surface area contributed by atoms with Gasteiger partial charge in [-0.1, -0.05) is 62.9 Å². The first kappa shape index (κ1) is 13.2. The second kappa shape index (κ2) is 7.42. The summed E-state index contributed by atoms with van der Waals surface area (Å²) in [6.45, 7) is 2.19.